The van der Waals surface area contributed by atoms with Gasteiger partial charge in [0.1, 0.15) is 0 Å². The van der Waals surface area contributed by atoms with Gasteiger partial charge in [-0.05, 0) is 30.7 Å². The molecular weight excluding hydrogens is 316 g/mol. The Morgan fingerprint density at radius 3 is 2.68 bits per heavy atom. The summed E-state index contributed by atoms with van der Waals surface area (Å²) in [5.41, 5.74) is 4.37. The standard InChI is InChI=1S/C20H16N2O3/c1-2-25-20(24)22-17-10-6-4-8-14(17)18(19(22)23)16-12-11-13-7-3-5-9-15(13)21-16/h3-12,21H,2H2,1H3. The molecule has 2 aliphatic rings. The average molecular weight is 332 g/mol. The Bertz CT molecular complexity index is 943. The maximum Gasteiger partial charge on any atom is 0.421 e. The molecule has 2 amide bonds. The number of benzene rings is 2. The summed E-state index contributed by atoms with van der Waals surface area (Å²) in [5, 5.41) is 3.29. The Hall–Kier alpha value is -3.34. The Morgan fingerprint density at radius 1 is 1.08 bits per heavy atom. The molecule has 124 valence electrons. The molecule has 0 saturated carbocycles. The third-order valence-corrected chi connectivity index (χ3v) is 4.21. The smallest absolute Gasteiger partial charge is 0.421 e. The maximum atomic E-state index is 13.0. The highest BCUT2D eigenvalue weighted by atomic mass is 16.6. The molecule has 0 atom stereocenters. The Morgan fingerprint density at radius 2 is 1.84 bits per heavy atom. The molecule has 25 heavy (non-hydrogen) atoms. The lowest BCUT2D eigenvalue weighted by molar-refractivity contribution is -0.112. The van der Waals surface area contributed by atoms with Crippen molar-refractivity contribution >= 4 is 35.0 Å². The van der Waals surface area contributed by atoms with Crippen LogP contribution in [0.1, 0.15) is 18.1 Å². The number of fused-ring (bicyclic) bond motifs is 2. The van der Waals surface area contributed by atoms with Crippen molar-refractivity contribution in [2.45, 2.75) is 6.92 Å². The van der Waals surface area contributed by atoms with Crippen molar-refractivity contribution in [3.63, 3.8) is 0 Å². The Kier molecular flexibility index (Phi) is 3.61. The van der Waals surface area contributed by atoms with Gasteiger partial charge in [-0.25, -0.2) is 9.69 Å². The van der Waals surface area contributed by atoms with Crippen molar-refractivity contribution in [2.24, 2.45) is 0 Å². The van der Waals surface area contributed by atoms with Gasteiger partial charge in [-0.2, -0.15) is 0 Å². The lowest BCUT2D eigenvalue weighted by Gasteiger charge is -2.17. The second kappa shape index (κ2) is 5.94. The summed E-state index contributed by atoms with van der Waals surface area (Å²) in [5.74, 6) is -0.383. The van der Waals surface area contributed by atoms with Crippen LogP contribution >= 0.6 is 0 Å². The summed E-state index contributed by atoms with van der Waals surface area (Å²) in [4.78, 5) is 26.3. The fourth-order valence-corrected chi connectivity index (χ4v) is 3.11. The molecule has 0 spiro atoms. The molecule has 5 nitrogen and oxygen atoms in total. The van der Waals surface area contributed by atoms with E-state index in [1.165, 1.54) is 0 Å². The number of ether oxygens (including phenoxy) is 1. The van der Waals surface area contributed by atoms with Crippen molar-refractivity contribution in [3.8, 4) is 0 Å². The molecule has 5 heteroatoms. The largest absolute Gasteiger partial charge is 0.449 e. The maximum absolute atomic E-state index is 13.0. The number of hydrogen-bond acceptors (Lipinski definition) is 4. The first-order valence-corrected chi connectivity index (χ1v) is 8.09. The van der Waals surface area contributed by atoms with E-state index in [1.807, 2.05) is 48.6 Å². The van der Waals surface area contributed by atoms with Crippen molar-refractivity contribution < 1.29 is 14.3 Å². The van der Waals surface area contributed by atoms with Gasteiger partial charge in [0.15, 0.2) is 0 Å². The predicted octanol–water partition coefficient (Wildman–Crippen LogP) is 4.04. The van der Waals surface area contributed by atoms with Gasteiger partial charge in [0, 0.05) is 11.3 Å². The summed E-state index contributed by atoms with van der Waals surface area (Å²) < 4.78 is 5.05. The molecule has 4 rings (SSSR count). The van der Waals surface area contributed by atoms with Gasteiger partial charge in [0.2, 0.25) is 0 Å². The number of allylic oxidation sites excluding steroid dienone is 1. The van der Waals surface area contributed by atoms with Crippen LogP contribution < -0.4 is 10.2 Å². The molecule has 2 aromatic carbocycles. The van der Waals surface area contributed by atoms with E-state index in [0.717, 1.165) is 16.2 Å². The van der Waals surface area contributed by atoms with Gasteiger partial charge >= 0.3 is 6.09 Å². The normalized spacial score (nSPS) is 17.8. The highest BCUT2D eigenvalue weighted by Crippen LogP contribution is 2.40. The Balaban J connectivity index is 1.84. The van der Waals surface area contributed by atoms with E-state index in [2.05, 4.69) is 5.32 Å². The van der Waals surface area contributed by atoms with Crippen LogP contribution in [0.25, 0.3) is 11.6 Å². The van der Waals surface area contributed by atoms with E-state index in [0.29, 0.717) is 22.5 Å². The van der Waals surface area contributed by atoms with Gasteiger partial charge in [-0.3, -0.25) is 4.79 Å². The highest BCUT2D eigenvalue weighted by Gasteiger charge is 2.39. The van der Waals surface area contributed by atoms with Crippen LogP contribution in [0.3, 0.4) is 0 Å². The number of anilines is 2. The number of amides is 2. The minimum Gasteiger partial charge on any atom is -0.449 e. The highest BCUT2D eigenvalue weighted by molar-refractivity contribution is 6.40. The first kappa shape index (κ1) is 15.2. The van der Waals surface area contributed by atoms with Crippen LogP contribution in [0, 0.1) is 0 Å². The fraction of sp³-hybridized carbons (Fsp3) is 0.100. The van der Waals surface area contributed by atoms with E-state index in [-0.39, 0.29) is 12.5 Å². The molecule has 2 heterocycles. The SMILES string of the molecule is CCOC(=O)N1C(=O)C(=C2C=Cc3ccccc3N2)c2ccccc21. The van der Waals surface area contributed by atoms with E-state index >= 15 is 0 Å². The van der Waals surface area contributed by atoms with Gasteiger partial charge in [0.25, 0.3) is 5.91 Å². The minimum atomic E-state index is -0.657. The van der Waals surface area contributed by atoms with Crippen molar-refractivity contribution in [3.05, 3.63) is 71.4 Å². The van der Waals surface area contributed by atoms with Gasteiger partial charge in [-0.1, -0.05) is 42.5 Å². The van der Waals surface area contributed by atoms with Crippen LogP contribution in [-0.2, 0) is 9.53 Å². The van der Waals surface area contributed by atoms with Crippen LogP contribution in [0.5, 0.6) is 0 Å². The van der Waals surface area contributed by atoms with Gasteiger partial charge in [-0.15, -0.1) is 0 Å². The molecule has 1 N–H and O–H groups in total. The predicted molar refractivity (Wildman–Crippen MR) is 97.0 cm³/mol. The van der Waals surface area contributed by atoms with E-state index < -0.39 is 6.09 Å². The molecule has 0 bridgehead atoms. The first-order chi connectivity index (χ1) is 12.2. The van der Waals surface area contributed by atoms with Crippen LogP contribution in [0.2, 0.25) is 0 Å². The number of para-hydroxylation sites is 2. The van der Waals surface area contributed by atoms with Crippen molar-refractivity contribution in [2.75, 3.05) is 16.8 Å². The first-order valence-electron chi connectivity index (χ1n) is 8.09. The fourth-order valence-electron chi connectivity index (χ4n) is 3.11. The lowest BCUT2D eigenvalue weighted by atomic mass is 10.0. The number of hydrogen-bond donors (Lipinski definition) is 1. The second-order valence-electron chi connectivity index (χ2n) is 5.69. The third-order valence-electron chi connectivity index (χ3n) is 4.21. The van der Waals surface area contributed by atoms with E-state index in [9.17, 15) is 9.59 Å². The number of imide groups is 1. The summed E-state index contributed by atoms with van der Waals surface area (Å²) in [7, 11) is 0. The molecule has 2 aromatic rings. The number of carbonyl (C=O) groups excluding carboxylic acids is 2. The summed E-state index contributed by atoms with van der Waals surface area (Å²) in [6, 6.07) is 15.1. The van der Waals surface area contributed by atoms with Crippen LogP contribution in [-0.4, -0.2) is 18.6 Å². The Labute approximate surface area is 145 Å². The molecule has 0 saturated heterocycles. The van der Waals surface area contributed by atoms with Gasteiger partial charge < -0.3 is 10.1 Å². The number of nitrogens with one attached hydrogen (secondary N) is 1. The molecule has 2 aliphatic heterocycles. The summed E-state index contributed by atoms with van der Waals surface area (Å²) in [6.07, 6.45) is 3.16. The molecule has 0 aromatic heterocycles. The minimum absolute atomic E-state index is 0.211. The topological polar surface area (TPSA) is 58.6 Å². The number of rotatable bonds is 1. The number of nitrogens with zero attached hydrogens (tertiary/aromatic N) is 1. The zero-order valence-corrected chi connectivity index (χ0v) is 13.7. The van der Waals surface area contributed by atoms with E-state index in [4.69, 9.17) is 4.74 Å². The molecule has 0 unspecified atom stereocenters. The lowest BCUT2D eigenvalue weighted by Crippen LogP contribution is -2.34. The average Bonchev–Trinajstić information content (AvgIpc) is 2.93. The van der Waals surface area contributed by atoms with Crippen LogP contribution in [0.4, 0.5) is 16.2 Å². The quantitative estimate of drug-likeness (QED) is 0.801. The van der Waals surface area contributed by atoms with E-state index in [1.54, 1.807) is 19.1 Å². The molecule has 0 radical (unpaired) electrons. The summed E-state index contributed by atoms with van der Waals surface area (Å²) in [6.45, 7) is 1.92. The molecular formula is C20H16N2O3. The third kappa shape index (κ3) is 2.41. The second-order valence-corrected chi connectivity index (χ2v) is 5.69. The monoisotopic (exact) mass is 332 g/mol. The van der Waals surface area contributed by atoms with Crippen molar-refractivity contribution in [1.29, 1.82) is 0 Å². The molecule has 0 aliphatic carbocycles. The van der Waals surface area contributed by atoms with Crippen molar-refractivity contribution in [1.82, 2.24) is 0 Å². The van der Waals surface area contributed by atoms with Gasteiger partial charge in [0.05, 0.1) is 23.6 Å². The number of carbonyl (C=O) groups is 2. The summed E-state index contributed by atoms with van der Waals surface area (Å²) >= 11 is 0. The molecule has 0 fully saturated rings. The zero-order valence-electron chi connectivity index (χ0n) is 13.7. The zero-order chi connectivity index (χ0) is 17.4. The van der Waals surface area contributed by atoms with Crippen LogP contribution in [0.15, 0.2) is 60.3 Å².